The minimum atomic E-state index is -4.96. The predicted octanol–water partition coefficient (Wildman–Crippen LogP) is 5.17. The third-order valence-corrected chi connectivity index (χ3v) is 6.99. The molecule has 6 nitrogen and oxygen atoms in total. The summed E-state index contributed by atoms with van der Waals surface area (Å²) in [5.74, 6) is -0.0374. The molecule has 1 unspecified atom stereocenters. The molecule has 206 valence electrons. The molecular weight excluding hydrogens is 516 g/mol. The molecule has 4 rings (SSSR count). The number of rotatable bonds is 6. The number of hydrogen-bond acceptors (Lipinski definition) is 3. The maximum atomic E-state index is 13.2. The van der Waals surface area contributed by atoms with Crippen molar-refractivity contribution in [3.8, 4) is 0 Å². The molecule has 0 bridgehead atoms. The first kappa shape index (κ1) is 27.7. The van der Waals surface area contributed by atoms with Gasteiger partial charge in [-0.15, -0.1) is 0 Å². The number of carbonyl (C=O) groups excluding carboxylic acids is 2. The summed E-state index contributed by atoms with van der Waals surface area (Å²) in [4.78, 5) is 28.1. The molecule has 3 amide bonds. The summed E-state index contributed by atoms with van der Waals surface area (Å²) in [6.07, 6.45) is -8.75. The number of benzene rings is 2. The van der Waals surface area contributed by atoms with Crippen LogP contribution in [0.5, 0.6) is 0 Å². The van der Waals surface area contributed by atoms with Gasteiger partial charge >= 0.3 is 18.4 Å². The van der Waals surface area contributed by atoms with Gasteiger partial charge in [0.15, 0.2) is 0 Å². The highest BCUT2D eigenvalue weighted by molar-refractivity contribution is 5.79. The second-order valence-corrected chi connectivity index (χ2v) is 9.65. The van der Waals surface area contributed by atoms with Gasteiger partial charge in [-0.25, -0.2) is 4.79 Å². The third kappa shape index (κ3) is 6.06. The zero-order valence-corrected chi connectivity index (χ0v) is 20.5. The molecule has 2 saturated heterocycles. The number of urea groups is 1. The van der Waals surface area contributed by atoms with E-state index in [1.165, 1.54) is 6.92 Å². The smallest absolute Gasteiger partial charge is 0.374 e. The number of likely N-dealkylation sites (tertiary alicyclic amines) is 1. The van der Waals surface area contributed by atoms with E-state index in [0.29, 0.717) is 43.6 Å². The molecule has 38 heavy (non-hydrogen) atoms. The first-order valence-electron chi connectivity index (χ1n) is 12.0. The summed E-state index contributed by atoms with van der Waals surface area (Å²) in [7, 11) is 0. The monoisotopic (exact) mass is 543 g/mol. The molecule has 2 aromatic rings. The lowest BCUT2D eigenvalue weighted by molar-refractivity contribution is -0.143. The van der Waals surface area contributed by atoms with E-state index in [4.69, 9.17) is 4.74 Å². The molecule has 0 aromatic heterocycles. The number of carbonyl (C=O) groups is 2. The van der Waals surface area contributed by atoms with Gasteiger partial charge in [0.25, 0.3) is 0 Å². The molecule has 0 aliphatic carbocycles. The van der Waals surface area contributed by atoms with E-state index in [1.807, 2.05) is 0 Å². The fourth-order valence-electron chi connectivity index (χ4n) is 5.00. The number of ether oxygens (including phenoxy) is 1. The van der Waals surface area contributed by atoms with Crippen molar-refractivity contribution in [3.05, 3.63) is 70.8 Å². The number of amides is 3. The minimum absolute atomic E-state index is 0.0374. The zero-order chi connectivity index (χ0) is 27.7. The van der Waals surface area contributed by atoms with Gasteiger partial charge in [0.2, 0.25) is 5.91 Å². The molecule has 1 N–H and O–H groups in total. The third-order valence-electron chi connectivity index (χ3n) is 6.99. The van der Waals surface area contributed by atoms with Gasteiger partial charge in [-0.3, -0.25) is 4.79 Å². The SMILES string of the molecule is CC(=O)N1CCC(N2CC(COCc3cc(C(F)(F)F)cc(C(F)(F)F)c3)(c3ccccc3)NC2=O)CC1. The van der Waals surface area contributed by atoms with Crippen LogP contribution in [0.25, 0.3) is 0 Å². The summed E-state index contributed by atoms with van der Waals surface area (Å²) in [5, 5.41) is 2.94. The Morgan fingerprint density at radius 1 is 1.00 bits per heavy atom. The molecule has 0 spiro atoms. The van der Waals surface area contributed by atoms with Gasteiger partial charge in [0.05, 0.1) is 30.9 Å². The van der Waals surface area contributed by atoms with Crippen LogP contribution in [0.2, 0.25) is 0 Å². The molecular formula is C26H27F6N3O3. The maximum absolute atomic E-state index is 13.2. The molecule has 2 fully saturated rings. The largest absolute Gasteiger partial charge is 0.416 e. The van der Waals surface area contributed by atoms with E-state index in [2.05, 4.69) is 5.32 Å². The molecule has 0 saturated carbocycles. The first-order chi connectivity index (χ1) is 17.8. The molecule has 0 radical (unpaired) electrons. The van der Waals surface area contributed by atoms with Gasteiger partial charge in [-0.05, 0) is 42.2 Å². The molecule has 12 heteroatoms. The van der Waals surface area contributed by atoms with Crippen molar-refractivity contribution in [1.29, 1.82) is 0 Å². The normalized spacial score (nSPS) is 21.1. The Labute approximate surface area is 215 Å². The number of nitrogens with zero attached hydrogens (tertiary/aromatic N) is 2. The average Bonchev–Trinajstić information content (AvgIpc) is 3.20. The summed E-state index contributed by atoms with van der Waals surface area (Å²) in [6.45, 7) is 2.00. The fraction of sp³-hybridized carbons (Fsp3) is 0.462. The minimum Gasteiger partial charge on any atom is -0.374 e. The van der Waals surface area contributed by atoms with E-state index in [0.717, 1.165) is 0 Å². The summed E-state index contributed by atoms with van der Waals surface area (Å²) >= 11 is 0. The van der Waals surface area contributed by atoms with E-state index in [9.17, 15) is 35.9 Å². The number of piperidine rings is 1. The summed E-state index contributed by atoms with van der Waals surface area (Å²) < 4.78 is 85.1. The highest BCUT2D eigenvalue weighted by Gasteiger charge is 2.47. The van der Waals surface area contributed by atoms with Gasteiger partial charge in [0, 0.05) is 26.1 Å². The number of nitrogens with one attached hydrogen (secondary N) is 1. The first-order valence-corrected chi connectivity index (χ1v) is 12.0. The van der Waals surface area contributed by atoms with Crippen molar-refractivity contribution < 1.29 is 40.7 Å². The predicted molar refractivity (Wildman–Crippen MR) is 125 cm³/mol. The Hall–Kier alpha value is -3.28. The van der Waals surface area contributed by atoms with E-state index < -0.39 is 35.6 Å². The lowest BCUT2D eigenvalue weighted by Crippen LogP contribution is -2.47. The quantitative estimate of drug-likeness (QED) is 0.512. The van der Waals surface area contributed by atoms with Crippen LogP contribution in [-0.4, -0.2) is 54.0 Å². The van der Waals surface area contributed by atoms with E-state index in [-0.39, 0.29) is 42.8 Å². The van der Waals surface area contributed by atoms with E-state index >= 15 is 0 Å². The van der Waals surface area contributed by atoms with Gasteiger partial charge in [0.1, 0.15) is 5.54 Å². The molecule has 2 aliphatic rings. The van der Waals surface area contributed by atoms with Gasteiger partial charge in [-0.2, -0.15) is 26.3 Å². The molecule has 2 aromatic carbocycles. The Balaban J connectivity index is 1.53. The Morgan fingerprint density at radius 2 is 1.58 bits per heavy atom. The average molecular weight is 544 g/mol. The van der Waals surface area contributed by atoms with Crippen molar-refractivity contribution in [3.63, 3.8) is 0 Å². The van der Waals surface area contributed by atoms with Crippen LogP contribution in [0.4, 0.5) is 31.1 Å². The Morgan fingerprint density at radius 3 is 2.11 bits per heavy atom. The lowest BCUT2D eigenvalue weighted by atomic mass is 9.90. The topological polar surface area (TPSA) is 61.9 Å². The number of halogens is 6. The van der Waals surface area contributed by atoms with Crippen LogP contribution in [-0.2, 0) is 34.0 Å². The second-order valence-electron chi connectivity index (χ2n) is 9.65. The summed E-state index contributed by atoms with van der Waals surface area (Å²) in [5.41, 5.74) is -3.49. The Kier molecular flexibility index (Phi) is 7.64. The maximum Gasteiger partial charge on any atom is 0.416 e. The van der Waals surface area contributed by atoms with Gasteiger partial charge < -0.3 is 19.9 Å². The van der Waals surface area contributed by atoms with Crippen molar-refractivity contribution in [2.75, 3.05) is 26.2 Å². The van der Waals surface area contributed by atoms with Gasteiger partial charge in [-0.1, -0.05) is 30.3 Å². The van der Waals surface area contributed by atoms with Crippen molar-refractivity contribution >= 4 is 11.9 Å². The zero-order valence-electron chi connectivity index (χ0n) is 20.5. The molecule has 2 heterocycles. The van der Waals surface area contributed by atoms with Crippen LogP contribution in [0.15, 0.2) is 48.5 Å². The molecule has 1 atom stereocenters. The fourth-order valence-corrected chi connectivity index (χ4v) is 5.00. The summed E-state index contributed by atoms with van der Waals surface area (Å²) in [6, 6.07) is 9.71. The number of hydrogen-bond donors (Lipinski definition) is 1. The second kappa shape index (κ2) is 10.5. The van der Waals surface area contributed by atoms with Crippen molar-refractivity contribution in [2.45, 2.75) is 50.3 Å². The standard InChI is InChI=1S/C26H27F6N3O3/c1-17(36)34-9-7-22(8-10-34)35-15-24(33-23(35)37,19-5-3-2-4-6-19)16-38-14-18-11-20(25(27,28)29)13-21(12-18)26(30,31)32/h2-6,11-13,22H,7-10,14-16H2,1H3,(H,33,37). The van der Waals surface area contributed by atoms with Crippen LogP contribution >= 0.6 is 0 Å². The molecule has 2 aliphatic heterocycles. The highest BCUT2D eigenvalue weighted by atomic mass is 19.4. The van der Waals surface area contributed by atoms with Crippen LogP contribution < -0.4 is 5.32 Å². The van der Waals surface area contributed by atoms with Crippen LogP contribution in [0, 0.1) is 0 Å². The van der Waals surface area contributed by atoms with Crippen LogP contribution in [0.1, 0.15) is 42.0 Å². The van der Waals surface area contributed by atoms with Crippen molar-refractivity contribution in [1.82, 2.24) is 15.1 Å². The van der Waals surface area contributed by atoms with Crippen molar-refractivity contribution in [2.24, 2.45) is 0 Å². The van der Waals surface area contributed by atoms with E-state index in [1.54, 1.807) is 40.1 Å². The van der Waals surface area contributed by atoms with Crippen LogP contribution in [0.3, 0.4) is 0 Å². The lowest BCUT2D eigenvalue weighted by Gasteiger charge is -2.36. The number of alkyl halides is 6. The highest BCUT2D eigenvalue weighted by Crippen LogP contribution is 2.37. The Bertz CT molecular complexity index is 1130.